The Kier molecular flexibility index (Phi) is 5.45. The van der Waals surface area contributed by atoms with E-state index in [0.717, 1.165) is 13.0 Å². The molecule has 2 aromatic rings. The first kappa shape index (κ1) is 16.1. The monoisotopic (exact) mass is 395 g/mol. The number of halogens is 1. The minimum atomic E-state index is 0. The van der Waals surface area contributed by atoms with Crippen molar-refractivity contribution in [2.24, 2.45) is 10.7 Å². The molecule has 1 fully saturated rings. The van der Waals surface area contributed by atoms with Gasteiger partial charge in [-0.1, -0.05) is 42.5 Å². The van der Waals surface area contributed by atoms with Crippen LogP contribution in [0.5, 0.6) is 0 Å². The molecule has 0 aliphatic heterocycles. The predicted molar refractivity (Wildman–Crippen MR) is 100 cm³/mol. The van der Waals surface area contributed by atoms with E-state index < -0.39 is 0 Å². The van der Waals surface area contributed by atoms with Gasteiger partial charge in [0.2, 0.25) is 0 Å². The molecular formula is C17H22IN3. The summed E-state index contributed by atoms with van der Waals surface area (Å²) in [7, 11) is 2.04. The fraction of sp³-hybridized carbons (Fsp3) is 0.353. The molecule has 0 bridgehead atoms. The van der Waals surface area contributed by atoms with E-state index in [9.17, 15) is 0 Å². The van der Waals surface area contributed by atoms with Gasteiger partial charge in [-0.25, -0.2) is 0 Å². The van der Waals surface area contributed by atoms with Crippen LogP contribution in [0.15, 0.2) is 47.5 Å². The fourth-order valence-corrected chi connectivity index (χ4v) is 2.56. The minimum absolute atomic E-state index is 0. The lowest BCUT2D eigenvalue weighted by Gasteiger charge is -2.16. The van der Waals surface area contributed by atoms with Crippen LogP contribution < -0.4 is 5.73 Å². The minimum Gasteiger partial charge on any atom is -0.370 e. The molecule has 0 spiro atoms. The van der Waals surface area contributed by atoms with Crippen LogP contribution >= 0.6 is 24.0 Å². The second-order valence-corrected chi connectivity index (χ2v) is 5.47. The van der Waals surface area contributed by atoms with Crippen molar-refractivity contribution in [2.75, 3.05) is 13.6 Å². The first-order valence-electron chi connectivity index (χ1n) is 7.25. The van der Waals surface area contributed by atoms with E-state index in [0.29, 0.717) is 12.0 Å². The Labute approximate surface area is 143 Å². The molecule has 0 heterocycles. The van der Waals surface area contributed by atoms with Gasteiger partial charge in [-0.05, 0) is 35.6 Å². The van der Waals surface area contributed by atoms with Crippen molar-refractivity contribution in [2.45, 2.75) is 25.3 Å². The Hall–Kier alpha value is -1.30. The smallest absolute Gasteiger partial charge is 0.191 e. The standard InChI is InChI=1S/C17H21N3.HI/c1-20(15-9-10-15)17(18)19-12-11-14-7-4-6-13-5-2-3-8-16(13)14;/h2-8,15H,9-12H2,1H3,(H2,18,19);1H. The lowest BCUT2D eigenvalue weighted by atomic mass is 10.0. The molecule has 3 rings (SSSR count). The predicted octanol–water partition coefficient (Wildman–Crippen LogP) is 3.41. The molecule has 0 aromatic heterocycles. The number of nitrogens with zero attached hydrogens (tertiary/aromatic N) is 2. The molecule has 21 heavy (non-hydrogen) atoms. The highest BCUT2D eigenvalue weighted by Gasteiger charge is 2.27. The summed E-state index contributed by atoms with van der Waals surface area (Å²) in [5, 5.41) is 2.61. The van der Waals surface area contributed by atoms with Crippen molar-refractivity contribution in [1.29, 1.82) is 0 Å². The lowest BCUT2D eigenvalue weighted by molar-refractivity contribution is 0.487. The van der Waals surface area contributed by atoms with Gasteiger partial charge < -0.3 is 10.6 Å². The Morgan fingerprint density at radius 2 is 1.90 bits per heavy atom. The summed E-state index contributed by atoms with van der Waals surface area (Å²) in [5.41, 5.74) is 7.35. The van der Waals surface area contributed by atoms with Crippen LogP contribution in [0.4, 0.5) is 0 Å². The summed E-state index contributed by atoms with van der Waals surface area (Å²) >= 11 is 0. The molecule has 1 saturated carbocycles. The number of hydrogen-bond donors (Lipinski definition) is 1. The average Bonchev–Trinajstić information content (AvgIpc) is 3.31. The van der Waals surface area contributed by atoms with Crippen molar-refractivity contribution in [3.05, 3.63) is 48.0 Å². The van der Waals surface area contributed by atoms with Crippen molar-refractivity contribution < 1.29 is 0 Å². The molecule has 1 aliphatic carbocycles. The van der Waals surface area contributed by atoms with E-state index in [1.165, 1.54) is 29.2 Å². The third-order valence-corrected chi connectivity index (χ3v) is 3.99. The van der Waals surface area contributed by atoms with Gasteiger partial charge in [0.15, 0.2) is 5.96 Å². The lowest BCUT2D eigenvalue weighted by Crippen LogP contribution is -2.35. The number of nitrogens with two attached hydrogens (primary N) is 1. The molecule has 1 aliphatic rings. The largest absolute Gasteiger partial charge is 0.370 e. The van der Waals surface area contributed by atoms with E-state index in [4.69, 9.17) is 5.73 Å². The van der Waals surface area contributed by atoms with Crippen LogP contribution in [-0.2, 0) is 6.42 Å². The van der Waals surface area contributed by atoms with E-state index in [2.05, 4.69) is 52.4 Å². The molecule has 2 aromatic carbocycles. The van der Waals surface area contributed by atoms with Crippen molar-refractivity contribution >= 4 is 40.7 Å². The maximum Gasteiger partial charge on any atom is 0.191 e. The number of fused-ring (bicyclic) bond motifs is 1. The van der Waals surface area contributed by atoms with Gasteiger partial charge in [-0.2, -0.15) is 0 Å². The Balaban J connectivity index is 0.00000161. The molecule has 2 N–H and O–H groups in total. The fourth-order valence-electron chi connectivity index (χ4n) is 2.56. The van der Waals surface area contributed by atoms with Crippen LogP contribution in [0.25, 0.3) is 10.8 Å². The van der Waals surface area contributed by atoms with E-state index in [1.54, 1.807) is 0 Å². The summed E-state index contributed by atoms with van der Waals surface area (Å²) < 4.78 is 0. The summed E-state index contributed by atoms with van der Waals surface area (Å²) in [6.07, 6.45) is 3.42. The molecule has 0 amide bonds. The zero-order valence-electron chi connectivity index (χ0n) is 12.3. The van der Waals surface area contributed by atoms with Gasteiger partial charge in [0, 0.05) is 19.6 Å². The van der Waals surface area contributed by atoms with Crippen LogP contribution in [0.1, 0.15) is 18.4 Å². The molecule has 3 nitrogen and oxygen atoms in total. The number of hydrogen-bond acceptors (Lipinski definition) is 1. The molecule has 0 unspecified atom stereocenters. The Morgan fingerprint density at radius 3 is 2.67 bits per heavy atom. The van der Waals surface area contributed by atoms with Crippen LogP contribution in [0.2, 0.25) is 0 Å². The number of benzene rings is 2. The van der Waals surface area contributed by atoms with Gasteiger partial charge >= 0.3 is 0 Å². The maximum atomic E-state index is 6.01. The van der Waals surface area contributed by atoms with Gasteiger partial charge in [-0.15, -0.1) is 24.0 Å². The Morgan fingerprint density at radius 1 is 1.19 bits per heavy atom. The van der Waals surface area contributed by atoms with Gasteiger partial charge in [0.1, 0.15) is 0 Å². The molecular weight excluding hydrogens is 373 g/mol. The molecule has 0 atom stereocenters. The topological polar surface area (TPSA) is 41.6 Å². The number of guanidine groups is 1. The quantitative estimate of drug-likeness (QED) is 0.490. The van der Waals surface area contributed by atoms with Crippen LogP contribution in [0.3, 0.4) is 0 Å². The third-order valence-electron chi connectivity index (χ3n) is 3.99. The molecule has 4 heteroatoms. The first-order chi connectivity index (χ1) is 9.75. The second-order valence-electron chi connectivity index (χ2n) is 5.47. The summed E-state index contributed by atoms with van der Waals surface area (Å²) in [6.45, 7) is 0.747. The van der Waals surface area contributed by atoms with Gasteiger partial charge in [0.25, 0.3) is 0 Å². The highest BCUT2D eigenvalue weighted by molar-refractivity contribution is 14.0. The number of rotatable bonds is 4. The number of aliphatic imine (C=N–C) groups is 1. The zero-order chi connectivity index (χ0) is 13.9. The average molecular weight is 395 g/mol. The molecule has 0 radical (unpaired) electrons. The van der Waals surface area contributed by atoms with Crippen LogP contribution in [0, 0.1) is 0 Å². The zero-order valence-corrected chi connectivity index (χ0v) is 14.7. The van der Waals surface area contributed by atoms with E-state index in [-0.39, 0.29) is 24.0 Å². The second kappa shape index (κ2) is 7.11. The maximum absolute atomic E-state index is 6.01. The summed E-state index contributed by atoms with van der Waals surface area (Å²) in [5.74, 6) is 0.674. The molecule has 0 saturated heterocycles. The van der Waals surface area contributed by atoms with Crippen molar-refractivity contribution in [3.8, 4) is 0 Å². The molecule has 112 valence electrons. The summed E-state index contributed by atoms with van der Waals surface area (Å²) in [4.78, 5) is 6.61. The SMILES string of the molecule is CN(C(N)=NCCc1cccc2ccccc12)C1CC1.I. The normalized spacial score (nSPS) is 14.8. The summed E-state index contributed by atoms with van der Waals surface area (Å²) in [6, 6.07) is 15.6. The highest BCUT2D eigenvalue weighted by atomic mass is 127. The van der Waals surface area contributed by atoms with Crippen molar-refractivity contribution in [3.63, 3.8) is 0 Å². The van der Waals surface area contributed by atoms with E-state index in [1.807, 2.05) is 7.05 Å². The van der Waals surface area contributed by atoms with E-state index >= 15 is 0 Å². The Bertz CT molecular complexity index is 629. The third kappa shape index (κ3) is 3.87. The van der Waals surface area contributed by atoms with Gasteiger partial charge in [-0.3, -0.25) is 4.99 Å². The first-order valence-corrected chi connectivity index (χ1v) is 7.25. The van der Waals surface area contributed by atoms with Crippen molar-refractivity contribution in [1.82, 2.24) is 4.90 Å². The van der Waals surface area contributed by atoms with Crippen LogP contribution in [-0.4, -0.2) is 30.5 Å². The van der Waals surface area contributed by atoms with Gasteiger partial charge in [0.05, 0.1) is 0 Å². The highest BCUT2D eigenvalue weighted by Crippen LogP contribution is 2.25.